The molecule has 0 aromatic carbocycles. The molecular formula is C26H44O3. The van der Waals surface area contributed by atoms with E-state index in [1.54, 1.807) is 5.57 Å². The molecule has 0 radical (unpaired) electrons. The van der Waals surface area contributed by atoms with Gasteiger partial charge in [-0.2, -0.15) is 0 Å². The maximum atomic E-state index is 10.0. The molecule has 0 aromatic rings. The summed E-state index contributed by atoms with van der Waals surface area (Å²) in [5.41, 5.74) is 2.66. The Hall–Kier alpha value is -0.640. The Bertz CT molecular complexity index is 602. The topological polar surface area (TPSA) is 60.7 Å². The van der Waals surface area contributed by atoms with Crippen LogP contribution in [0.3, 0.4) is 0 Å². The molecule has 0 aromatic heterocycles. The second kappa shape index (κ2) is 9.24. The Labute approximate surface area is 178 Å². The molecule has 0 saturated heterocycles. The summed E-state index contributed by atoms with van der Waals surface area (Å²) in [5, 5.41) is 29.9. The van der Waals surface area contributed by atoms with E-state index in [1.165, 1.54) is 44.1 Å². The summed E-state index contributed by atoms with van der Waals surface area (Å²) in [7, 11) is 0. The van der Waals surface area contributed by atoms with Gasteiger partial charge in [0.05, 0.1) is 17.8 Å². The van der Waals surface area contributed by atoms with Crippen LogP contribution in [0.2, 0.25) is 0 Å². The van der Waals surface area contributed by atoms with Gasteiger partial charge >= 0.3 is 0 Å². The number of rotatable bonds is 6. The highest BCUT2D eigenvalue weighted by Gasteiger charge is 2.50. The third-order valence-corrected chi connectivity index (χ3v) is 8.25. The maximum absolute atomic E-state index is 10.0. The smallest absolute Gasteiger partial charge is 0.0602 e. The highest BCUT2D eigenvalue weighted by Crippen LogP contribution is 2.59. The molecular weight excluding hydrogens is 360 g/mol. The third kappa shape index (κ3) is 5.74. The van der Waals surface area contributed by atoms with Crippen LogP contribution in [-0.2, 0) is 0 Å². The van der Waals surface area contributed by atoms with Gasteiger partial charge in [-0.25, -0.2) is 0 Å². The zero-order valence-electron chi connectivity index (χ0n) is 19.2. The van der Waals surface area contributed by atoms with Gasteiger partial charge in [-0.15, -0.1) is 0 Å². The SMILES string of the molecule is C[C@@H](CCCC(C)(C)O)C1CC[C@H]2/C(=C/C=C3C[C@@H](O)C[C@H](O)C3)CCC[C@]12C. The van der Waals surface area contributed by atoms with Crippen LogP contribution in [0, 0.1) is 23.2 Å². The lowest BCUT2D eigenvalue weighted by molar-refractivity contribution is 0.0591. The van der Waals surface area contributed by atoms with E-state index in [9.17, 15) is 15.3 Å². The minimum Gasteiger partial charge on any atom is -0.393 e. The lowest BCUT2D eigenvalue weighted by Gasteiger charge is -2.44. The van der Waals surface area contributed by atoms with E-state index in [1.807, 2.05) is 13.8 Å². The second-order valence-electron chi connectivity index (χ2n) is 11.3. The molecule has 3 aliphatic carbocycles. The molecule has 6 atom stereocenters. The quantitative estimate of drug-likeness (QED) is 0.545. The number of fused-ring (bicyclic) bond motifs is 1. The van der Waals surface area contributed by atoms with Crippen molar-refractivity contribution in [2.45, 2.75) is 116 Å². The molecule has 3 fully saturated rings. The normalized spacial score (nSPS) is 38.2. The van der Waals surface area contributed by atoms with E-state index < -0.39 is 5.60 Å². The summed E-state index contributed by atoms with van der Waals surface area (Å²) >= 11 is 0. The Morgan fingerprint density at radius 1 is 1.14 bits per heavy atom. The zero-order valence-corrected chi connectivity index (χ0v) is 19.2. The van der Waals surface area contributed by atoms with Crippen molar-refractivity contribution in [2.24, 2.45) is 23.2 Å². The second-order valence-corrected chi connectivity index (χ2v) is 11.3. The van der Waals surface area contributed by atoms with Crippen molar-refractivity contribution in [3.05, 3.63) is 23.3 Å². The Morgan fingerprint density at radius 3 is 2.48 bits per heavy atom. The number of hydrogen-bond acceptors (Lipinski definition) is 3. The van der Waals surface area contributed by atoms with Crippen molar-refractivity contribution in [3.8, 4) is 0 Å². The van der Waals surface area contributed by atoms with Gasteiger partial charge in [-0.1, -0.05) is 50.0 Å². The molecule has 0 spiro atoms. The van der Waals surface area contributed by atoms with Crippen molar-refractivity contribution in [1.29, 1.82) is 0 Å². The van der Waals surface area contributed by atoms with Crippen LogP contribution in [0.1, 0.15) is 98.3 Å². The molecule has 3 heteroatoms. The Balaban J connectivity index is 1.66. The van der Waals surface area contributed by atoms with Gasteiger partial charge in [0.15, 0.2) is 0 Å². The number of hydrogen-bond donors (Lipinski definition) is 3. The van der Waals surface area contributed by atoms with Gasteiger partial charge in [0.2, 0.25) is 0 Å². The minimum absolute atomic E-state index is 0.388. The van der Waals surface area contributed by atoms with E-state index in [4.69, 9.17) is 0 Å². The van der Waals surface area contributed by atoms with E-state index in [0.717, 1.165) is 18.8 Å². The largest absolute Gasteiger partial charge is 0.393 e. The first-order valence-electron chi connectivity index (χ1n) is 12.1. The van der Waals surface area contributed by atoms with Crippen LogP contribution in [0.4, 0.5) is 0 Å². The summed E-state index contributed by atoms with van der Waals surface area (Å²) in [6.07, 6.45) is 15.4. The first-order valence-corrected chi connectivity index (χ1v) is 12.1. The summed E-state index contributed by atoms with van der Waals surface area (Å²) < 4.78 is 0. The summed E-state index contributed by atoms with van der Waals surface area (Å²) in [5.74, 6) is 2.19. The zero-order chi connectivity index (χ0) is 21.2. The monoisotopic (exact) mass is 404 g/mol. The Kier molecular flexibility index (Phi) is 7.34. The summed E-state index contributed by atoms with van der Waals surface area (Å²) in [6, 6.07) is 0. The van der Waals surface area contributed by atoms with Gasteiger partial charge in [0.25, 0.3) is 0 Å². The molecule has 0 bridgehead atoms. The van der Waals surface area contributed by atoms with Gasteiger partial charge in [-0.3, -0.25) is 0 Å². The molecule has 0 heterocycles. The van der Waals surface area contributed by atoms with E-state index in [-0.39, 0.29) is 12.2 Å². The molecule has 0 amide bonds. The summed E-state index contributed by atoms with van der Waals surface area (Å²) in [6.45, 7) is 8.81. The predicted molar refractivity (Wildman–Crippen MR) is 120 cm³/mol. The van der Waals surface area contributed by atoms with Crippen LogP contribution in [0.15, 0.2) is 23.3 Å². The van der Waals surface area contributed by atoms with Crippen molar-refractivity contribution < 1.29 is 15.3 Å². The first-order chi connectivity index (χ1) is 13.6. The molecule has 166 valence electrons. The van der Waals surface area contributed by atoms with Crippen LogP contribution < -0.4 is 0 Å². The lowest BCUT2D eigenvalue weighted by atomic mass is 9.60. The Morgan fingerprint density at radius 2 is 1.83 bits per heavy atom. The number of allylic oxidation sites excluding steroid dienone is 3. The van der Waals surface area contributed by atoms with Crippen LogP contribution in [0.5, 0.6) is 0 Å². The van der Waals surface area contributed by atoms with Gasteiger partial charge in [0, 0.05) is 0 Å². The number of aliphatic hydroxyl groups is 3. The van der Waals surface area contributed by atoms with Crippen LogP contribution in [-0.4, -0.2) is 33.1 Å². The van der Waals surface area contributed by atoms with E-state index in [0.29, 0.717) is 36.5 Å². The lowest BCUT2D eigenvalue weighted by Crippen LogP contribution is -2.36. The highest BCUT2D eigenvalue weighted by atomic mass is 16.3. The fourth-order valence-electron chi connectivity index (χ4n) is 6.80. The molecule has 1 unspecified atom stereocenters. The van der Waals surface area contributed by atoms with Crippen molar-refractivity contribution >= 4 is 0 Å². The summed E-state index contributed by atoms with van der Waals surface area (Å²) in [4.78, 5) is 0. The van der Waals surface area contributed by atoms with Crippen molar-refractivity contribution in [1.82, 2.24) is 0 Å². The molecule has 3 aliphatic rings. The van der Waals surface area contributed by atoms with Gasteiger partial charge in [-0.05, 0) is 94.8 Å². The molecule has 3 nitrogen and oxygen atoms in total. The molecule has 3 rings (SSSR count). The van der Waals surface area contributed by atoms with E-state index >= 15 is 0 Å². The van der Waals surface area contributed by atoms with Crippen LogP contribution >= 0.6 is 0 Å². The number of aliphatic hydroxyl groups excluding tert-OH is 2. The fourth-order valence-corrected chi connectivity index (χ4v) is 6.80. The molecule has 3 N–H and O–H groups in total. The van der Waals surface area contributed by atoms with Gasteiger partial charge in [0.1, 0.15) is 0 Å². The molecule has 0 aliphatic heterocycles. The standard InChI is InChI=1S/C26H44O3/c1-18(7-5-13-25(2,3)29)23-11-12-24-20(8-6-14-26(23,24)4)10-9-19-15-21(27)17-22(28)16-19/h9-10,18,21-24,27-29H,5-8,11-17H2,1-4H3/b20-10+/t18-,21+,22+,23?,24-,26+/m0/s1. The average molecular weight is 405 g/mol. The average Bonchev–Trinajstić information content (AvgIpc) is 2.95. The molecule has 3 saturated carbocycles. The maximum Gasteiger partial charge on any atom is 0.0602 e. The van der Waals surface area contributed by atoms with Crippen molar-refractivity contribution in [2.75, 3.05) is 0 Å². The highest BCUT2D eigenvalue weighted by molar-refractivity contribution is 5.26. The minimum atomic E-state index is -0.545. The van der Waals surface area contributed by atoms with Crippen LogP contribution in [0.25, 0.3) is 0 Å². The molecule has 29 heavy (non-hydrogen) atoms. The first kappa shape index (κ1) is 23.0. The third-order valence-electron chi connectivity index (χ3n) is 8.25. The van der Waals surface area contributed by atoms with Crippen molar-refractivity contribution in [3.63, 3.8) is 0 Å². The van der Waals surface area contributed by atoms with Gasteiger partial charge < -0.3 is 15.3 Å². The fraction of sp³-hybridized carbons (Fsp3) is 0.846. The predicted octanol–water partition coefficient (Wildman–Crippen LogP) is 5.54. The van der Waals surface area contributed by atoms with E-state index in [2.05, 4.69) is 26.0 Å².